The van der Waals surface area contributed by atoms with E-state index in [1.807, 2.05) is 6.07 Å². The smallest absolute Gasteiger partial charge is 0.264 e. The first-order chi connectivity index (χ1) is 10.7. The van der Waals surface area contributed by atoms with Gasteiger partial charge >= 0.3 is 5.69 Å². The first kappa shape index (κ1) is 14.6. The zero-order chi connectivity index (χ0) is 15.5. The molecular formula is C15H14N4O2S. The summed E-state index contributed by atoms with van der Waals surface area (Å²) in [5, 5.41) is 14.0. The summed E-state index contributed by atoms with van der Waals surface area (Å²) in [4.78, 5) is 23.9. The molecule has 3 aromatic rings. The number of nitro benzene ring substituents is 1. The third-order valence-corrected chi connectivity index (χ3v) is 4.30. The summed E-state index contributed by atoms with van der Waals surface area (Å²) < 4.78 is 0. The van der Waals surface area contributed by atoms with Gasteiger partial charge in [0.2, 0.25) is 0 Å². The van der Waals surface area contributed by atoms with E-state index in [-0.39, 0.29) is 10.6 Å². The minimum absolute atomic E-state index is 0.0228. The molecule has 0 spiro atoms. The highest BCUT2D eigenvalue weighted by molar-refractivity contribution is 7.99. The number of rotatable bonds is 5. The van der Waals surface area contributed by atoms with Gasteiger partial charge in [-0.3, -0.25) is 15.1 Å². The van der Waals surface area contributed by atoms with Gasteiger partial charge in [0.15, 0.2) is 10.7 Å². The molecule has 0 atom stereocenters. The highest BCUT2D eigenvalue weighted by Gasteiger charge is 2.19. The number of fused-ring (bicyclic) bond motifs is 2. The van der Waals surface area contributed by atoms with Crippen molar-refractivity contribution < 1.29 is 4.92 Å². The number of hydrogen-bond acceptors (Lipinski definition) is 6. The second-order valence-electron chi connectivity index (χ2n) is 4.87. The monoisotopic (exact) mass is 314 g/mol. The van der Waals surface area contributed by atoms with Crippen LogP contribution in [-0.4, -0.2) is 25.6 Å². The van der Waals surface area contributed by atoms with Crippen molar-refractivity contribution in [2.45, 2.75) is 24.9 Å². The van der Waals surface area contributed by atoms with Crippen LogP contribution < -0.4 is 0 Å². The number of aromatic nitrogens is 3. The normalized spacial score (nSPS) is 11.1. The fraction of sp³-hybridized carbons (Fsp3) is 0.267. The molecule has 6 nitrogen and oxygen atoms in total. The molecule has 0 N–H and O–H groups in total. The molecule has 0 aliphatic heterocycles. The molecule has 7 heteroatoms. The molecule has 22 heavy (non-hydrogen) atoms. The molecule has 0 bridgehead atoms. The molecule has 2 heterocycles. The van der Waals surface area contributed by atoms with Gasteiger partial charge in [0.25, 0.3) is 0 Å². The summed E-state index contributed by atoms with van der Waals surface area (Å²) in [5.41, 5.74) is 0.410. The largest absolute Gasteiger partial charge is 0.303 e. The van der Waals surface area contributed by atoms with Crippen molar-refractivity contribution in [3.8, 4) is 0 Å². The van der Waals surface area contributed by atoms with Crippen LogP contribution in [-0.2, 0) is 0 Å². The number of hydrogen-bond donors (Lipinski definition) is 0. The van der Waals surface area contributed by atoms with Gasteiger partial charge in [-0.15, -0.1) is 0 Å². The number of pyridine rings is 1. The lowest BCUT2D eigenvalue weighted by Gasteiger charge is -2.05. The molecule has 0 aliphatic carbocycles. The van der Waals surface area contributed by atoms with Crippen LogP contribution in [0.2, 0.25) is 0 Å². The van der Waals surface area contributed by atoms with Crippen molar-refractivity contribution in [1.29, 1.82) is 0 Å². The predicted molar refractivity (Wildman–Crippen MR) is 87.1 cm³/mol. The molecule has 3 rings (SSSR count). The Morgan fingerprint density at radius 2 is 2.18 bits per heavy atom. The second kappa shape index (κ2) is 6.23. The molecular weight excluding hydrogens is 300 g/mol. The third kappa shape index (κ3) is 2.71. The van der Waals surface area contributed by atoms with E-state index in [2.05, 4.69) is 21.9 Å². The zero-order valence-corrected chi connectivity index (χ0v) is 12.8. The van der Waals surface area contributed by atoms with Crippen LogP contribution in [0.25, 0.3) is 21.7 Å². The highest BCUT2D eigenvalue weighted by atomic mass is 32.2. The molecule has 112 valence electrons. The van der Waals surface area contributed by atoms with E-state index in [0.29, 0.717) is 21.4 Å². The van der Waals surface area contributed by atoms with Gasteiger partial charge < -0.3 is 0 Å². The first-order valence-corrected chi connectivity index (χ1v) is 8.00. The van der Waals surface area contributed by atoms with Crippen molar-refractivity contribution in [1.82, 2.24) is 15.0 Å². The second-order valence-corrected chi connectivity index (χ2v) is 5.93. The van der Waals surface area contributed by atoms with Crippen LogP contribution in [0.3, 0.4) is 0 Å². The van der Waals surface area contributed by atoms with E-state index in [1.165, 1.54) is 11.8 Å². The number of unbranched alkanes of at least 4 members (excludes halogenated alkanes) is 1. The molecule has 0 saturated carbocycles. The van der Waals surface area contributed by atoms with Gasteiger partial charge in [-0.25, -0.2) is 9.97 Å². The Morgan fingerprint density at radius 3 is 2.95 bits per heavy atom. The summed E-state index contributed by atoms with van der Waals surface area (Å²) in [6, 6.07) is 3.49. The van der Waals surface area contributed by atoms with Crippen molar-refractivity contribution in [3.05, 3.63) is 40.8 Å². The first-order valence-electron chi connectivity index (χ1n) is 7.01. The van der Waals surface area contributed by atoms with Gasteiger partial charge in [0, 0.05) is 35.1 Å². The standard InChI is InChI=1S/C15H14N4O2S/c1-2-3-6-22-15-17-9-11-7-10-8-16-5-4-12(10)14(19(20)21)13(11)18-15/h4-5,7-9H,2-3,6H2,1H3. The lowest BCUT2D eigenvalue weighted by molar-refractivity contribution is -0.381. The maximum absolute atomic E-state index is 11.5. The molecule has 0 unspecified atom stereocenters. The number of benzene rings is 1. The van der Waals surface area contributed by atoms with Gasteiger partial charge in [-0.2, -0.15) is 0 Å². The van der Waals surface area contributed by atoms with Crippen LogP contribution in [0, 0.1) is 10.1 Å². The van der Waals surface area contributed by atoms with Crippen molar-refractivity contribution in [2.24, 2.45) is 0 Å². The zero-order valence-electron chi connectivity index (χ0n) is 12.0. The Morgan fingerprint density at radius 1 is 1.32 bits per heavy atom. The van der Waals surface area contributed by atoms with Gasteiger partial charge in [0.05, 0.1) is 10.3 Å². The van der Waals surface area contributed by atoms with Gasteiger partial charge in [-0.05, 0) is 18.6 Å². The van der Waals surface area contributed by atoms with Crippen LogP contribution in [0.15, 0.2) is 35.9 Å². The van der Waals surface area contributed by atoms with Crippen molar-refractivity contribution in [3.63, 3.8) is 0 Å². The molecule has 0 aliphatic rings. The van der Waals surface area contributed by atoms with Gasteiger partial charge in [0.1, 0.15) is 0 Å². The number of non-ortho nitro benzene ring substituents is 1. The lowest BCUT2D eigenvalue weighted by atomic mass is 10.1. The van der Waals surface area contributed by atoms with E-state index in [9.17, 15) is 10.1 Å². The minimum Gasteiger partial charge on any atom is -0.264 e. The molecule has 2 aromatic heterocycles. The molecule has 1 aromatic carbocycles. The summed E-state index contributed by atoms with van der Waals surface area (Å²) in [7, 11) is 0. The predicted octanol–water partition coefficient (Wildman–Crippen LogP) is 3.98. The van der Waals surface area contributed by atoms with Crippen LogP contribution in [0.4, 0.5) is 5.69 Å². The molecule has 0 saturated heterocycles. The maximum atomic E-state index is 11.5. The van der Waals surface area contributed by atoms with E-state index in [1.54, 1.807) is 24.7 Å². The van der Waals surface area contributed by atoms with Crippen molar-refractivity contribution in [2.75, 3.05) is 5.75 Å². The third-order valence-electron chi connectivity index (χ3n) is 3.35. The molecule has 0 fully saturated rings. The highest BCUT2D eigenvalue weighted by Crippen LogP contribution is 2.33. The SMILES string of the molecule is CCCCSc1ncc2cc3cnccc3c([N+](=O)[O-])c2n1. The van der Waals surface area contributed by atoms with Gasteiger partial charge in [-0.1, -0.05) is 25.1 Å². The van der Waals surface area contributed by atoms with E-state index < -0.39 is 0 Å². The average molecular weight is 314 g/mol. The Labute approximate surface area is 131 Å². The Bertz CT molecular complexity index is 853. The lowest BCUT2D eigenvalue weighted by Crippen LogP contribution is -1.96. The minimum atomic E-state index is -0.377. The van der Waals surface area contributed by atoms with Crippen LogP contribution >= 0.6 is 11.8 Å². The van der Waals surface area contributed by atoms with Crippen LogP contribution in [0.1, 0.15) is 19.8 Å². The Kier molecular flexibility index (Phi) is 4.15. The Hall–Kier alpha value is -2.28. The topological polar surface area (TPSA) is 81.8 Å². The maximum Gasteiger partial charge on any atom is 0.303 e. The molecule has 0 radical (unpaired) electrons. The Balaban J connectivity index is 2.19. The average Bonchev–Trinajstić information content (AvgIpc) is 2.52. The summed E-state index contributed by atoms with van der Waals surface area (Å²) in [5.74, 6) is 0.910. The summed E-state index contributed by atoms with van der Waals surface area (Å²) in [6.45, 7) is 2.12. The number of nitro groups is 1. The summed E-state index contributed by atoms with van der Waals surface area (Å²) >= 11 is 1.53. The van der Waals surface area contributed by atoms with Crippen molar-refractivity contribution >= 4 is 39.1 Å². The summed E-state index contributed by atoms with van der Waals surface area (Å²) in [6.07, 6.45) is 6.98. The van der Waals surface area contributed by atoms with E-state index >= 15 is 0 Å². The number of thioether (sulfide) groups is 1. The van der Waals surface area contributed by atoms with E-state index in [4.69, 9.17) is 0 Å². The van der Waals surface area contributed by atoms with Crippen LogP contribution in [0.5, 0.6) is 0 Å². The van der Waals surface area contributed by atoms with E-state index in [0.717, 1.165) is 24.0 Å². The quantitative estimate of drug-likeness (QED) is 0.177. The molecule has 0 amide bonds. The fourth-order valence-corrected chi connectivity index (χ4v) is 3.16. The number of nitrogens with zero attached hydrogens (tertiary/aromatic N) is 4. The fourth-order valence-electron chi connectivity index (χ4n) is 2.26.